The van der Waals surface area contributed by atoms with Gasteiger partial charge in [0.2, 0.25) is 5.62 Å². The zero-order valence-corrected chi connectivity index (χ0v) is 14.4. The number of nitrogen functional groups attached to an aromatic ring is 1. The van der Waals surface area contributed by atoms with E-state index >= 15 is 0 Å². The van der Waals surface area contributed by atoms with Crippen molar-refractivity contribution in [3.05, 3.63) is 52.0 Å². The van der Waals surface area contributed by atoms with Crippen molar-refractivity contribution in [3.63, 3.8) is 0 Å². The number of hydrogen-bond acceptors (Lipinski definition) is 5. The molecule has 0 radical (unpaired) electrons. The first-order chi connectivity index (χ1) is 11.9. The first-order valence-corrected chi connectivity index (χ1v) is 9.31. The average Bonchev–Trinajstić information content (AvgIpc) is 2.85. The molecule has 0 aliphatic heterocycles. The van der Waals surface area contributed by atoms with E-state index in [1.54, 1.807) is 6.92 Å². The summed E-state index contributed by atoms with van der Waals surface area (Å²) in [5.74, 6) is 0.00379. The standard InChI is InChI=1S/C15H18N6O3S/c1-2-8-25(23,24)20-14-18-12(16)11-13(19-14)21(15(22)17-11)9-10-6-4-3-5-7-10/h3-7H,2,8-9H2,1H3,(H,17,22)(H3,16,18,19,20). The second-order valence-electron chi connectivity index (χ2n) is 5.55. The summed E-state index contributed by atoms with van der Waals surface area (Å²) in [4.78, 5) is 21.6. The van der Waals surface area contributed by atoms with Gasteiger partial charge in [0.05, 0.1) is 12.3 Å². The highest BCUT2D eigenvalue weighted by molar-refractivity contribution is 7.89. The van der Waals surface area contributed by atoms with Crippen LogP contribution in [-0.2, 0) is 16.6 Å². The lowest BCUT2D eigenvalue weighted by atomic mass is 10.2. The second-order valence-corrected chi connectivity index (χ2v) is 7.31. The number of anilines is 1. The van der Waals surface area contributed by atoms with Gasteiger partial charge in [-0.2, -0.15) is 4.98 Å². The number of hydrogen-bond donors (Lipinski definition) is 3. The van der Waals surface area contributed by atoms with Crippen LogP contribution in [0.15, 0.2) is 39.5 Å². The van der Waals surface area contributed by atoms with Crippen molar-refractivity contribution in [2.24, 2.45) is 4.40 Å². The summed E-state index contributed by atoms with van der Waals surface area (Å²) in [7, 11) is -3.66. The summed E-state index contributed by atoms with van der Waals surface area (Å²) in [6.07, 6.45) is 0.437. The minimum absolute atomic E-state index is 0.0928. The molecule has 0 saturated carbocycles. The summed E-state index contributed by atoms with van der Waals surface area (Å²) < 4.78 is 28.8. The number of benzene rings is 1. The fourth-order valence-corrected chi connectivity index (χ4v) is 3.43. The second kappa shape index (κ2) is 6.55. The van der Waals surface area contributed by atoms with Crippen molar-refractivity contribution in [2.45, 2.75) is 19.9 Å². The molecule has 132 valence electrons. The number of fused-ring (bicyclic) bond motifs is 1. The fraction of sp³-hybridized carbons (Fsp3) is 0.267. The summed E-state index contributed by atoms with van der Waals surface area (Å²) in [6.45, 7) is 2.02. The predicted molar refractivity (Wildman–Crippen MR) is 94.3 cm³/mol. The van der Waals surface area contributed by atoms with Gasteiger partial charge in [-0.05, 0) is 12.0 Å². The van der Waals surface area contributed by atoms with Crippen LogP contribution in [0.25, 0.3) is 11.2 Å². The molecule has 10 heteroatoms. The number of nitrogens with two attached hydrogens (primary N) is 1. The van der Waals surface area contributed by atoms with Gasteiger partial charge in [0.1, 0.15) is 11.3 Å². The van der Waals surface area contributed by atoms with Crippen LogP contribution < -0.4 is 17.0 Å². The van der Waals surface area contributed by atoms with Crippen molar-refractivity contribution in [3.8, 4) is 0 Å². The maximum atomic E-state index is 12.2. The smallest absolute Gasteiger partial charge is 0.328 e. The van der Waals surface area contributed by atoms with Gasteiger partial charge < -0.3 is 15.7 Å². The van der Waals surface area contributed by atoms with Crippen LogP contribution in [0.1, 0.15) is 18.9 Å². The van der Waals surface area contributed by atoms with E-state index in [0.29, 0.717) is 11.9 Å². The van der Waals surface area contributed by atoms with Crippen molar-refractivity contribution in [1.29, 1.82) is 0 Å². The largest absolute Gasteiger partial charge is 0.383 e. The minimum Gasteiger partial charge on any atom is -0.383 e. The van der Waals surface area contributed by atoms with Gasteiger partial charge >= 0.3 is 5.69 Å². The Morgan fingerprint density at radius 3 is 2.64 bits per heavy atom. The third-order valence-electron chi connectivity index (χ3n) is 3.56. The zero-order valence-electron chi connectivity index (χ0n) is 13.6. The molecule has 4 N–H and O–H groups in total. The number of H-pyrrole nitrogens is 2. The SMILES string of the molecule is CCCS(=O)(=O)N=c1nc2c([nH]c(=O)n2Cc2ccccc2)c(N)[nH]1. The summed E-state index contributed by atoms with van der Waals surface area (Å²) in [5.41, 5.74) is 6.81. The van der Waals surface area contributed by atoms with Crippen molar-refractivity contribution in [2.75, 3.05) is 11.5 Å². The molecule has 2 aromatic heterocycles. The highest BCUT2D eigenvalue weighted by Gasteiger charge is 2.13. The molecule has 0 unspecified atom stereocenters. The molecule has 0 fully saturated rings. The third-order valence-corrected chi connectivity index (χ3v) is 4.93. The normalized spacial score (nSPS) is 12.8. The van der Waals surface area contributed by atoms with E-state index in [0.717, 1.165) is 5.56 Å². The van der Waals surface area contributed by atoms with Crippen LogP contribution >= 0.6 is 0 Å². The van der Waals surface area contributed by atoms with E-state index in [1.807, 2.05) is 30.3 Å². The van der Waals surface area contributed by atoms with Gasteiger partial charge in [-0.25, -0.2) is 13.2 Å². The highest BCUT2D eigenvalue weighted by Crippen LogP contribution is 2.12. The monoisotopic (exact) mass is 362 g/mol. The van der Waals surface area contributed by atoms with E-state index in [1.165, 1.54) is 4.57 Å². The van der Waals surface area contributed by atoms with Crippen LogP contribution in [0.5, 0.6) is 0 Å². The molecule has 0 aliphatic carbocycles. The topological polar surface area (TPSA) is 139 Å². The first-order valence-electron chi connectivity index (χ1n) is 7.70. The molecule has 0 spiro atoms. The van der Waals surface area contributed by atoms with Gasteiger partial charge in [-0.3, -0.25) is 4.57 Å². The quantitative estimate of drug-likeness (QED) is 0.600. The Morgan fingerprint density at radius 2 is 1.96 bits per heavy atom. The Labute approximate surface area is 143 Å². The van der Waals surface area contributed by atoms with Crippen LogP contribution in [0.3, 0.4) is 0 Å². The maximum absolute atomic E-state index is 12.2. The van der Waals surface area contributed by atoms with Gasteiger partial charge in [0, 0.05) is 0 Å². The number of rotatable bonds is 5. The van der Waals surface area contributed by atoms with E-state index in [4.69, 9.17) is 5.73 Å². The van der Waals surface area contributed by atoms with Crippen molar-refractivity contribution >= 4 is 27.0 Å². The van der Waals surface area contributed by atoms with Crippen molar-refractivity contribution in [1.82, 2.24) is 19.5 Å². The van der Waals surface area contributed by atoms with Crippen molar-refractivity contribution < 1.29 is 8.42 Å². The van der Waals surface area contributed by atoms with Crippen LogP contribution in [0, 0.1) is 0 Å². The average molecular weight is 362 g/mol. The van der Waals surface area contributed by atoms with Gasteiger partial charge in [-0.15, -0.1) is 4.40 Å². The van der Waals surface area contributed by atoms with E-state index in [9.17, 15) is 13.2 Å². The summed E-state index contributed by atoms with van der Waals surface area (Å²) in [6, 6.07) is 9.36. The Bertz CT molecular complexity index is 1130. The molecule has 0 amide bonds. The highest BCUT2D eigenvalue weighted by atomic mass is 32.2. The zero-order chi connectivity index (χ0) is 18.0. The molecule has 0 saturated heterocycles. The third kappa shape index (κ3) is 3.63. The summed E-state index contributed by atoms with van der Waals surface area (Å²) >= 11 is 0. The lowest BCUT2D eigenvalue weighted by Gasteiger charge is -2.03. The number of nitrogens with one attached hydrogen (secondary N) is 2. The lowest BCUT2D eigenvalue weighted by Crippen LogP contribution is -2.21. The van der Waals surface area contributed by atoms with E-state index < -0.39 is 10.0 Å². The fourth-order valence-electron chi connectivity index (χ4n) is 2.47. The Balaban J connectivity index is 2.18. The number of imidazole rings is 1. The van der Waals surface area contributed by atoms with Crippen LogP contribution in [0.4, 0.5) is 5.82 Å². The number of aromatic nitrogens is 4. The molecule has 3 rings (SSSR count). The molecule has 3 aromatic rings. The molecule has 0 bridgehead atoms. The van der Waals surface area contributed by atoms with Gasteiger partial charge in [-0.1, -0.05) is 37.3 Å². The lowest BCUT2D eigenvalue weighted by molar-refractivity contribution is 0.594. The van der Waals surface area contributed by atoms with Gasteiger partial charge in [0.25, 0.3) is 10.0 Å². The molecule has 9 nitrogen and oxygen atoms in total. The molecular weight excluding hydrogens is 344 g/mol. The number of aromatic amines is 2. The van der Waals surface area contributed by atoms with Crippen LogP contribution in [-0.4, -0.2) is 33.7 Å². The Kier molecular flexibility index (Phi) is 4.45. The summed E-state index contributed by atoms with van der Waals surface area (Å²) in [5, 5.41) is 0. The molecule has 0 atom stereocenters. The Hall–Kier alpha value is -2.88. The van der Waals surface area contributed by atoms with E-state index in [-0.39, 0.29) is 35.1 Å². The Morgan fingerprint density at radius 1 is 1.24 bits per heavy atom. The minimum atomic E-state index is -3.66. The van der Waals surface area contributed by atoms with Gasteiger partial charge in [0.15, 0.2) is 5.65 Å². The predicted octanol–water partition coefficient (Wildman–Crippen LogP) is 0.324. The maximum Gasteiger partial charge on any atom is 0.328 e. The molecule has 2 heterocycles. The molecule has 1 aromatic carbocycles. The number of nitrogens with zero attached hydrogens (tertiary/aromatic N) is 3. The molecule has 25 heavy (non-hydrogen) atoms. The first kappa shape index (κ1) is 17.0. The molecular formula is C15H18N6O3S. The number of sulfonamides is 1. The van der Waals surface area contributed by atoms with Crippen LogP contribution in [0.2, 0.25) is 0 Å². The molecule has 0 aliphatic rings. The van der Waals surface area contributed by atoms with E-state index in [2.05, 4.69) is 19.3 Å².